The lowest BCUT2D eigenvalue weighted by Crippen LogP contribution is -2.28. The summed E-state index contributed by atoms with van der Waals surface area (Å²) in [7, 11) is 0. The molecule has 0 aliphatic heterocycles. The van der Waals surface area contributed by atoms with Crippen molar-refractivity contribution in [1.29, 1.82) is 0 Å². The third-order valence-electron chi connectivity index (χ3n) is 4.40. The first-order chi connectivity index (χ1) is 13.4. The van der Waals surface area contributed by atoms with E-state index in [1.54, 1.807) is 36.4 Å². The zero-order valence-corrected chi connectivity index (χ0v) is 16.5. The molecule has 0 bridgehead atoms. The van der Waals surface area contributed by atoms with Crippen LogP contribution in [0.25, 0.3) is 0 Å². The molecule has 1 fully saturated rings. The van der Waals surface area contributed by atoms with Gasteiger partial charge in [0.2, 0.25) is 5.91 Å². The molecule has 2 aromatic carbocycles. The van der Waals surface area contributed by atoms with Crippen molar-refractivity contribution in [3.05, 3.63) is 59.1 Å². The number of halogens is 1. The number of para-hydroxylation sites is 1. The molecule has 0 saturated heterocycles. The summed E-state index contributed by atoms with van der Waals surface area (Å²) in [5.74, 6) is -1.21. The summed E-state index contributed by atoms with van der Waals surface area (Å²) in [6.45, 7) is -0.386. The first kappa shape index (κ1) is 20.2. The normalized spacial score (nSPS) is 14.2. The first-order valence-corrected chi connectivity index (χ1v) is 10.0. The summed E-state index contributed by atoms with van der Waals surface area (Å²) >= 11 is 7.12. The van der Waals surface area contributed by atoms with Crippen LogP contribution in [-0.2, 0) is 24.5 Å². The van der Waals surface area contributed by atoms with Crippen LogP contribution in [0.5, 0.6) is 0 Å². The monoisotopic (exact) mass is 418 g/mol. The largest absolute Gasteiger partial charge is 0.455 e. The van der Waals surface area contributed by atoms with Crippen LogP contribution in [0.3, 0.4) is 0 Å². The number of amides is 2. The van der Waals surface area contributed by atoms with E-state index < -0.39 is 23.2 Å². The van der Waals surface area contributed by atoms with Gasteiger partial charge in [0, 0.05) is 9.92 Å². The van der Waals surface area contributed by atoms with Crippen LogP contribution in [-0.4, -0.2) is 30.1 Å². The number of anilines is 1. The third kappa shape index (κ3) is 4.85. The van der Waals surface area contributed by atoms with Gasteiger partial charge in [-0.15, -0.1) is 11.8 Å². The summed E-state index contributed by atoms with van der Waals surface area (Å²) in [6.07, 6.45) is 1.36. The lowest BCUT2D eigenvalue weighted by Gasteiger charge is -2.15. The molecule has 3 N–H and O–H groups in total. The summed E-state index contributed by atoms with van der Waals surface area (Å²) in [5, 5.41) is 3.30. The van der Waals surface area contributed by atoms with Crippen LogP contribution >= 0.6 is 23.4 Å². The van der Waals surface area contributed by atoms with Crippen LogP contribution in [0.4, 0.5) is 5.69 Å². The third-order valence-corrected chi connectivity index (χ3v) is 5.75. The Morgan fingerprint density at radius 2 is 1.79 bits per heavy atom. The van der Waals surface area contributed by atoms with Crippen molar-refractivity contribution in [2.45, 2.75) is 23.2 Å². The molecular weight excluding hydrogens is 400 g/mol. The van der Waals surface area contributed by atoms with Gasteiger partial charge in [-0.05, 0) is 42.7 Å². The maximum Gasteiger partial charge on any atom is 0.317 e. The molecule has 2 aromatic rings. The Hall–Kier alpha value is -2.51. The van der Waals surface area contributed by atoms with Crippen LogP contribution in [0.15, 0.2) is 53.4 Å². The number of esters is 1. The number of thioether (sulfide) groups is 1. The number of rotatable bonds is 8. The maximum atomic E-state index is 12.5. The number of hydrogen-bond donors (Lipinski definition) is 2. The summed E-state index contributed by atoms with van der Waals surface area (Å²) in [5.41, 5.74) is 5.86. The van der Waals surface area contributed by atoms with Crippen molar-refractivity contribution in [2.75, 3.05) is 17.7 Å². The van der Waals surface area contributed by atoms with Crippen LogP contribution in [0.1, 0.15) is 18.4 Å². The SMILES string of the molecule is NC(=O)CSc1ccccc1NC(=O)COC(=O)C1(c2ccc(Cl)cc2)CC1. The molecule has 0 atom stereocenters. The van der Waals surface area contributed by atoms with Gasteiger partial charge in [0.25, 0.3) is 5.91 Å². The number of nitrogens with two attached hydrogens (primary N) is 1. The number of primary amides is 1. The van der Waals surface area contributed by atoms with E-state index in [0.29, 0.717) is 28.4 Å². The number of carbonyl (C=O) groups is 3. The molecule has 2 amide bonds. The van der Waals surface area contributed by atoms with E-state index in [1.165, 1.54) is 11.8 Å². The van der Waals surface area contributed by atoms with Crippen molar-refractivity contribution >= 4 is 46.8 Å². The number of benzene rings is 2. The second-order valence-corrected chi connectivity index (χ2v) is 7.92. The topological polar surface area (TPSA) is 98.5 Å². The number of ether oxygens (including phenoxy) is 1. The molecule has 1 saturated carbocycles. The van der Waals surface area contributed by atoms with Crippen molar-refractivity contribution < 1.29 is 19.1 Å². The highest BCUT2D eigenvalue weighted by molar-refractivity contribution is 8.00. The van der Waals surface area contributed by atoms with Crippen LogP contribution < -0.4 is 11.1 Å². The molecule has 1 aliphatic rings. The number of nitrogens with one attached hydrogen (secondary N) is 1. The summed E-state index contributed by atoms with van der Waals surface area (Å²) < 4.78 is 5.26. The predicted molar refractivity (Wildman–Crippen MR) is 108 cm³/mol. The lowest BCUT2D eigenvalue weighted by molar-refractivity contribution is -0.150. The molecule has 8 heteroatoms. The Balaban J connectivity index is 1.57. The first-order valence-electron chi connectivity index (χ1n) is 8.64. The van der Waals surface area contributed by atoms with Crippen molar-refractivity contribution in [3.63, 3.8) is 0 Å². The molecule has 0 unspecified atom stereocenters. The molecule has 1 aliphatic carbocycles. The predicted octanol–water partition coefficient (Wildman–Crippen LogP) is 3.13. The van der Waals surface area contributed by atoms with Crippen molar-refractivity contribution in [2.24, 2.45) is 5.73 Å². The smallest absolute Gasteiger partial charge is 0.317 e. The molecule has 0 spiro atoms. The standard InChI is InChI=1S/C20H19ClN2O4S/c21-14-7-5-13(6-8-14)20(9-10-20)19(26)27-11-18(25)23-15-3-1-2-4-16(15)28-12-17(22)24/h1-8H,9-12H2,(H2,22,24)(H,23,25). The van der Waals surface area contributed by atoms with Gasteiger partial charge in [0.15, 0.2) is 6.61 Å². The van der Waals surface area contributed by atoms with E-state index in [4.69, 9.17) is 22.1 Å². The molecule has 0 heterocycles. The number of carbonyl (C=O) groups excluding carboxylic acids is 3. The van der Waals surface area contributed by atoms with Gasteiger partial charge in [-0.2, -0.15) is 0 Å². The minimum atomic E-state index is -0.680. The maximum absolute atomic E-state index is 12.5. The molecular formula is C20H19ClN2O4S. The fourth-order valence-corrected chi connectivity index (χ4v) is 3.68. The van der Waals surface area contributed by atoms with Gasteiger partial charge in [-0.3, -0.25) is 14.4 Å². The Morgan fingerprint density at radius 3 is 2.43 bits per heavy atom. The van der Waals surface area contributed by atoms with Gasteiger partial charge < -0.3 is 15.8 Å². The lowest BCUT2D eigenvalue weighted by atomic mass is 9.96. The zero-order chi connectivity index (χ0) is 20.1. The second kappa shape index (κ2) is 8.67. The van der Waals surface area contributed by atoms with Gasteiger partial charge in [-0.1, -0.05) is 35.9 Å². The second-order valence-electron chi connectivity index (χ2n) is 6.46. The van der Waals surface area contributed by atoms with E-state index in [0.717, 1.165) is 5.56 Å². The zero-order valence-electron chi connectivity index (χ0n) is 14.9. The fourth-order valence-electron chi connectivity index (χ4n) is 2.80. The van der Waals surface area contributed by atoms with E-state index in [2.05, 4.69) is 5.32 Å². The molecule has 0 aromatic heterocycles. The Bertz CT molecular complexity index is 897. The van der Waals surface area contributed by atoms with Gasteiger partial charge >= 0.3 is 5.97 Å². The highest BCUT2D eigenvalue weighted by Gasteiger charge is 2.52. The van der Waals surface area contributed by atoms with Gasteiger partial charge in [0.1, 0.15) is 0 Å². The van der Waals surface area contributed by atoms with E-state index >= 15 is 0 Å². The Kier molecular flexibility index (Phi) is 6.26. The van der Waals surface area contributed by atoms with Gasteiger partial charge in [0.05, 0.1) is 16.9 Å². The molecule has 3 rings (SSSR count). The van der Waals surface area contributed by atoms with Crippen molar-refractivity contribution in [3.8, 4) is 0 Å². The van der Waals surface area contributed by atoms with E-state index in [9.17, 15) is 14.4 Å². The van der Waals surface area contributed by atoms with E-state index in [-0.39, 0.29) is 12.4 Å². The molecule has 0 radical (unpaired) electrons. The quantitative estimate of drug-likeness (QED) is 0.507. The highest BCUT2D eigenvalue weighted by atomic mass is 35.5. The fraction of sp³-hybridized carbons (Fsp3) is 0.250. The molecule has 6 nitrogen and oxygen atoms in total. The van der Waals surface area contributed by atoms with Crippen molar-refractivity contribution in [1.82, 2.24) is 0 Å². The average Bonchev–Trinajstić information content (AvgIpc) is 3.48. The minimum Gasteiger partial charge on any atom is -0.455 e. The summed E-state index contributed by atoms with van der Waals surface area (Å²) in [6, 6.07) is 14.1. The van der Waals surface area contributed by atoms with Crippen LogP contribution in [0.2, 0.25) is 5.02 Å². The summed E-state index contributed by atoms with van der Waals surface area (Å²) in [4.78, 5) is 36.4. The Morgan fingerprint density at radius 1 is 1.11 bits per heavy atom. The van der Waals surface area contributed by atoms with E-state index in [1.807, 2.05) is 12.1 Å². The van der Waals surface area contributed by atoms with Gasteiger partial charge in [-0.25, -0.2) is 0 Å². The molecule has 28 heavy (non-hydrogen) atoms. The highest BCUT2D eigenvalue weighted by Crippen LogP contribution is 2.49. The van der Waals surface area contributed by atoms with Crippen LogP contribution in [0, 0.1) is 0 Å². The molecule has 146 valence electrons. The number of hydrogen-bond acceptors (Lipinski definition) is 5. The average molecular weight is 419 g/mol. The minimum absolute atomic E-state index is 0.103. The Labute approximate surface area is 171 Å².